The number of hydrogen-bond acceptors (Lipinski definition) is 5. The Balaban J connectivity index is 1.21. The van der Waals surface area contributed by atoms with Gasteiger partial charge in [-0.25, -0.2) is 9.78 Å². The van der Waals surface area contributed by atoms with Gasteiger partial charge >= 0.3 is 6.03 Å². The number of amides is 3. The molecule has 1 aliphatic carbocycles. The first-order valence-corrected chi connectivity index (χ1v) is 14.3. The van der Waals surface area contributed by atoms with Crippen LogP contribution in [0.1, 0.15) is 71.9 Å². The molecule has 8 heteroatoms. The second-order valence-corrected chi connectivity index (χ2v) is 10.7. The lowest BCUT2D eigenvalue weighted by atomic mass is 9.97. The average Bonchev–Trinajstić information content (AvgIpc) is 3.39. The van der Waals surface area contributed by atoms with Gasteiger partial charge in [0.15, 0.2) is 0 Å². The zero-order chi connectivity index (χ0) is 23.8. The molecule has 3 amide bonds. The number of carbonyl (C=O) groups excluding carboxylic acids is 2. The number of thioether (sulfide) groups is 1. The van der Waals surface area contributed by atoms with Crippen molar-refractivity contribution in [2.24, 2.45) is 0 Å². The first-order valence-electron chi connectivity index (χ1n) is 12.2. The van der Waals surface area contributed by atoms with Crippen molar-refractivity contribution in [2.75, 3.05) is 25.9 Å². The molecule has 34 heavy (non-hydrogen) atoms. The molecule has 1 aliphatic heterocycles. The van der Waals surface area contributed by atoms with Crippen LogP contribution in [-0.4, -0.2) is 47.7 Å². The predicted octanol–water partition coefficient (Wildman–Crippen LogP) is 5.57. The molecule has 2 aliphatic rings. The van der Waals surface area contributed by atoms with Crippen LogP contribution in [0.15, 0.2) is 46.2 Å². The Bertz CT molecular complexity index is 1010. The number of hydrogen-bond donors (Lipinski definition) is 2. The third-order valence-corrected chi connectivity index (χ3v) is 8.47. The van der Waals surface area contributed by atoms with Crippen LogP contribution in [-0.2, 0) is 6.54 Å². The number of urea groups is 1. The van der Waals surface area contributed by atoms with Crippen molar-refractivity contribution in [3.63, 3.8) is 0 Å². The van der Waals surface area contributed by atoms with Gasteiger partial charge < -0.3 is 15.5 Å². The van der Waals surface area contributed by atoms with Crippen LogP contribution < -0.4 is 10.6 Å². The minimum atomic E-state index is -0.136. The van der Waals surface area contributed by atoms with E-state index >= 15 is 0 Å². The summed E-state index contributed by atoms with van der Waals surface area (Å²) in [6, 6.07) is 8.14. The highest BCUT2D eigenvalue weighted by molar-refractivity contribution is 7.98. The molecule has 0 radical (unpaired) electrons. The van der Waals surface area contributed by atoms with Gasteiger partial charge in [0, 0.05) is 42.4 Å². The summed E-state index contributed by atoms with van der Waals surface area (Å²) in [5, 5.41) is 8.94. The molecule has 182 valence electrons. The van der Waals surface area contributed by atoms with Gasteiger partial charge in [0.2, 0.25) is 0 Å². The Morgan fingerprint density at radius 2 is 2.00 bits per heavy atom. The zero-order valence-corrected chi connectivity index (χ0v) is 21.5. The van der Waals surface area contributed by atoms with E-state index in [9.17, 15) is 9.59 Å². The molecule has 6 nitrogen and oxygen atoms in total. The number of allylic oxidation sites excluding steroid dienone is 1. The number of rotatable bonds is 8. The van der Waals surface area contributed by atoms with Gasteiger partial charge in [-0.3, -0.25) is 4.79 Å². The second-order valence-electron chi connectivity index (χ2n) is 8.92. The Morgan fingerprint density at radius 3 is 2.76 bits per heavy atom. The van der Waals surface area contributed by atoms with Gasteiger partial charge in [-0.05, 0) is 62.8 Å². The summed E-state index contributed by atoms with van der Waals surface area (Å²) in [5.41, 5.74) is 3.08. The molecule has 1 saturated heterocycles. The summed E-state index contributed by atoms with van der Waals surface area (Å²) < 4.78 is 0. The quantitative estimate of drug-likeness (QED) is 0.368. The lowest BCUT2D eigenvalue weighted by Gasteiger charge is -2.31. The van der Waals surface area contributed by atoms with Crippen molar-refractivity contribution in [2.45, 2.75) is 62.3 Å². The van der Waals surface area contributed by atoms with E-state index in [1.807, 2.05) is 34.7 Å². The van der Waals surface area contributed by atoms with Gasteiger partial charge in [-0.2, -0.15) is 0 Å². The number of likely N-dealkylation sites (tertiary alicyclic amines) is 1. The van der Waals surface area contributed by atoms with Gasteiger partial charge in [0.05, 0.1) is 5.01 Å². The smallest absolute Gasteiger partial charge is 0.317 e. The molecule has 2 N–H and O–H groups in total. The lowest BCUT2D eigenvalue weighted by molar-refractivity contribution is 0.0946. The maximum atomic E-state index is 12.6. The molecule has 1 aromatic heterocycles. The number of nitrogens with one attached hydrogen (secondary N) is 2. The molecule has 0 atom stereocenters. The zero-order valence-electron chi connectivity index (χ0n) is 19.8. The van der Waals surface area contributed by atoms with Gasteiger partial charge in [-0.15, -0.1) is 23.1 Å². The van der Waals surface area contributed by atoms with Crippen LogP contribution in [0.5, 0.6) is 0 Å². The predicted molar refractivity (Wildman–Crippen MR) is 140 cm³/mol. The fraction of sp³-hybridized carbons (Fsp3) is 0.500. The average molecular weight is 499 g/mol. The van der Waals surface area contributed by atoms with Gasteiger partial charge in [0.1, 0.15) is 5.69 Å². The SMILES string of the molecule is CSc1ccccc1CNC(=O)c1csc(C2CCN(C(=O)NCCC3=CCCCC3)CC2)n1. The minimum absolute atomic E-state index is 0.0413. The molecule has 2 heterocycles. The minimum Gasteiger partial charge on any atom is -0.347 e. The van der Waals surface area contributed by atoms with Crippen LogP contribution >= 0.6 is 23.1 Å². The van der Waals surface area contributed by atoms with E-state index in [0.717, 1.165) is 49.5 Å². The monoisotopic (exact) mass is 498 g/mol. The highest BCUT2D eigenvalue weighted by atomic mass is 32.2. The first kappa shape index (κ1) is 24.8. The van der Waals surface area contributed by atoms with Crippen molar-refractivity contribution < 1.29 is 9.59 Å². The number of benzene rings is 1. The summed E-state index contributed by atoms with van der Waals surface area (Å²) >= 11 is 3.23. The summed E-state index contributed by atoms with van der Waals surface area (Å²) in [6.45, 7) is 2.67. The summed E-state index contributed by atoms with van der Waals surface area (Å²) in [5.74, 6) is 0.170. The molecule has 0 saturated carbocycles. The van der Waals surface area contributed by atoms with E-state index in [1.54, 1.807) is 23.1 Å². The van der Waals surface area contributed by atoms with Crippen molar-refractivity contribution in [3.8, 4) is 0 Å². The molecule has 0 bridgehead atoms. The second kappa shape index (κ2) is 12.4. The highest BCUT2D eigenvalue weighted by Gasteiger charge is 2.26. The van der Waals surface area contributed by atoms with Crippen LogP contribution in [0, 0.1) is 0 Å². The molecule has 1 fully saturated rings. The largest absolute Gasteiger partial charge is 0.347 e. The van der Waals surface area contributed by atoms with Crippen molar-refractivity contribution >= 4 is 35.0 Å². The van der Waals surface area contributed by atoms with Crippen LogP contribution in [0.2, 0.25) is 0 Å². The summed E-state index contributed by atoms with van der Waals surface area (Å²) in [4.78, 5) is 32.9. The van der Waals surface area contributed by atoms with Crippen LogP contribution in [0.3, 0.4) is 0 Å². The fourth-order valence-corrected chi connectivity index (χ4v) is 6.19. The summed E-state index contributed by atoms with van der Waals surface area (Å²) in [6.07, 6.45) is 12.0. The maximum Gasteiger partial charge on any atom is 0.317 e. The lowest BCUT2D eigenvalue weighted by Crippen LogP contribution is -2.44. The number of carbonyl (C=O) groups is 2. The van der Waals surface area contributed by atoms with Crippen LogP contribution in [0.4, 0.5) is 4.79 Å². The number of nitrogens with zero attached hydrogens (tertiary/aromatic N) is 2. The Hall–Kier alpha value is -2.32. The maximum absolute atomic E-state index is 12.6. The molecule has 1 aromatic carbocycles. The normalized spacial score (nSPS) is 16.7. The standard InChI is InChI=1S/C26H34N4O2S2/c1-33-23-10-6-5-9-21(23)17-28-24(31)22-18-34-25(29-22)20-12-15-30(16-13-20)26(32)27-14-11-19-7-3-2-4-8-19/h5-7,9-10,18,20H,2-4,8,11-17H2,1H3,(H,27,32)(H,28,31). The number of aromatic nitrogens is 1. The molecular weight excluding hydrogens is 464 g/mol. The number of piperidine rings is 1. The van der Waals surface area contributed by atoms with Crippen molar-refractivity contribution in [3.05, 3.63) is 57.6 Å². The molecule has 0 unspecified atom stereocenters. The number of thiazole rings is 1. The summed E-state index contributed by atoms with van der Waals surface area (Å²) in [7, 11) is 0. The third-order valence-electron chi connectivity index (χ3n) is 6.63. The highest BCUT2D eigenvalue weighted by Crippen LogP contribution is 2.30. The molecule has 4 rings (SSSR count). The van der Waals surface area contributed by atoms with E-state index in [2.05, 4.69) is 27.8 Å². The molecule has 2 aromatic rings. The Labute approximate surface area is 210 Å². The Morgan fingerprint density at radius 1 is 1.18 bits per heavy atom. The van der Waals surface area contributed by atoms with E-state index < -0.39 is 0 Å². The van der Waals surface area contributed by atoms with E-state index in [-0.39, 0.29) is 11.9 Å². The van der Waals surface area contributed by atoms with Crippen molar-refractivity contribution in [1.29, 1.82) is 0 Å². The molecular formula is C26H34N4O2S2. The van der Waals surface area contributed by atoms with Gasteiger partial charge in [-0.1, -0.05) is 29.8 Å². The Kier molecular flexibility index (Phi) is 9.04. The van der Waals surface area contributed by atoms with Gasteiger partial charge in [0.25, 0.3) is 5.91 Å². The van der Waals surface area contributed by atoms with E-state index in [4.69, 9.17) is 0 Å². The fourth-order valence-electron chi connectivity index (χ4n) is 4.60. The van der Waals surface area contributed by atoms with Crippen molar-refractivity contribution in [1.82, 2.24) is 20.5 Å². The van der Waals surface area contributed by atoms with E-state index in [0.29, 0.717) is 18.2 Å². The topological polar surface area (TPSA) is 74.3 Å². The molecule has 0 spiro atoms. The van der Waals surface area contributed by atoms with E-state index in [1.165, 1.54) is 36.2 Å². The third kappa shape index (κ3) is 6.63. The van der Waals surface area contributed by atoms with Crippen LogP contribution in [0.25, 0.3) is 0 Å². The first-order chi connectivity index (χ1) is 16.6.